The van der Waals surface area contributed by atoms with Gasteiger partial charge in [0.2, 0.25) is 0 Å². The third kappa shape index (κ3) is 4.16. The van der Waals surface area contributed by atoms with Crippen LogP contribution >= 0.6 is 9.24 Å². The van der Waals surface area contributed by atoms with Crippen LogP contribution in [0.1, 0.15) is 58.1 Å². The van der Waals surface area contributed by atoms with E-state index in [1.165, 1.54) is 47.6 Å². The summed E-state index contributed by atoms with van der Waals surface area (Å²) in [5.74, 6) is 0.817. The molecule has 0 N–H and O–H groups in total. The fourth-order valence-electron chi connectivity index (χ4n) is 5.15. The second kappa shape index (κ2) is 6.21. The van der Waals surface area contributed by atoms with Crippen molar-refractivity contribution in [3.63, 3.8) is 0 Å². The predicted molar refractivity (Wildman–Crippen MR) is 106 cm³/mol. The van der Waals surface area contributed by atoms with E-state index in [-0.39, 0.29) is 0 Å². The van der Waals surface area contributed by atoms with Gasteiger partial charge in [0.1, 0.15) is 0 Å². The maximum atomic E-state index is 2.81. The van der Waals surface area contributed by atoms with E-state index in [1.54, 1.807) is 0 Å². The molecule has 0 aliphatic heterocycles. The minimum Gasteiger partial charge on any atom is -0.133 e. The van der Waals surface area contributed by atoms with Gasteiger partial charge in [-0.1, -0.05) is 64.1 Å². The van der Waals surface area contributed by atoms with Gasteiger partial charge < -0.3 is 0 Å². The summed E-state index contributed by atoms with van der Waals surface area (Å²) in [5, 5.41) is 2.76. The summed E-state index contributed by atoms with van der Waals surface area (Å²) < 4.78 is 0. The molecule has 2 aromatic carbocycles. The fraction of sp³-hybridized carbons (Fsp3) is 0.545. The van der Waals surface area contributed by atoms with Crippen molar-refractivity contribution in [2.24, 2.45) is 16.7 Å². The number of hydrogen-bond donors (Lipinski definition) is 0. The van der Waals surface area contributed by atoms with E-state index in [2.05, 4.69) is 73.3 Å². The lowest BCUT2D eigenvalue weighted by atomic mass is 9.60. The van der Waals surface area contributed by atoms with Gasteiger partial charge in [-0.3, -0.25) is 0 Å². The van der Waals surface area contributed by atoms with Crippen molar-refractivity contribution >= 4 is 20.0 Å². The molecule has 3 rings (SSSR count). The quantitative estimate of drug-likeness (QED) is 0.557. The standard InChI is InChI=1S/C22H31P/c1-21(2)12-18(13-22(3,4)15-21)9-16-5-7-20-11-17(14-23)6-8-19(20)10-16/h5-8,10-11,18H,9,12-15,23H2,1-4H3. The van der Waals surface area contributed by atoms with Crippen LogP contribution in [0.2, 0.25) is 0 Å². The summed E-state index contributed by atoms with van der Waals surface area (Å²) in [5.41, 5.74) is 3.87. The first-order chi connectivity index (χ1) is 10.8. The first-order valence-electron chi connectivity index (χ1n) is 8.98. The van der Waals surface area contributed by atoms with Crippen molar-refractivity contribution in [2.75, 3.05) is 0 Å². The van der Waals surface area contributed by atoms with Gasteiger partial charge in [0.25, 0.3) is 0 Å². The first-order valence-corrected chi connectivity index (χ1v) is 9.80. The van der Waals surface area contributed by atoms with Gasteiger partial charge in [-0.05, 0) is 70.5 Å². The molecular weight excluding hydrogens is 295 g/mol. The molecule has 0 radical (unpaired) electrons. The Labute approximate surface area is 144 Å². The summed E-state index contributed by atoms with van der Waals surface area (Å²) >= 11 is 0. The molecule has 1 aliphatic rings. The van der Waals surface area contributed by atoms with E-state index in [4.69, 9.17) is 0 Å². The molecule has 1 unspecified atom stereocenters. The lowest BCUT2D eigenvalue weighted by Gasteiger charge is -2.45. The minimum absolute atomic E-state index is 0.483. The summed E-state index contributed by atoms with van der Waals surface area (Å²) in [7, 11) is 2.81. The molecule has 0 saturated heterocycles. The van der Waals surface area contributed by atoms with Crippen LogP contribution in [0.25, 0.3) is 10.8 Å². The fourth-order valence-corrected chi connectivity index (χ4v) is 5.41. The Bertz CT molecular complexity index is 680. The predicted octanol–water partition coefficient (Wildman–Crippen LogP) is 6.61. The van der Waals surface area contributed by atoms with Crippen molar-refractivity contribution in [3.8, 4) is 0 Å². The van der Waals surface area contributed by atoms with E-state index >= 15 is 0 Å². The van der Waals surface area contributed by atoms with Gasteiger partial charge in [0, 0.05) is 0 Å². The van der Waals surface area contributed by atoms with Gasteiger partial charge >= 0.3 is 0 Å². The molecule has 1 fully saturated rings. The third-order valence-electron chi connectivity index (χ3n) is 5.37. The van der Waals surface area contributed by atoms with Crippen LogP contribution in [0, 0.1) is 16.7 Å². The molecule has 0 nitrogen and oxygen atoms in total. The Hall–Kier alpha value is -0.870. The SMILES string of the molecule is CC1(C)CC(Cc2ccc3cc(CP)ccc3c2)CC(C)(C)C1. The number of hydrogen-bond acceptors (Lipinski definition) is 0. The van der Waals surface area contributed by atoms with Crippen LogP contribution in [-0.2, 0) is 12.6 Å². The monoisotopic (exact) mass is 326 g/mol. The molecule has 0 amide bonds. The normalized spacial score (nSPS) is 20.7. The Morgan fingerprint density at radius 2 is 1.39 bits per heavy atom. The maximum Gasteiger partial charge on any atom is -0.0128 e. The molecule has 0 spiro atoms. The van der Waals surface area contributed by atoms with E-state index in [0.29, 0.717) is 10.8 Å². The molecule has 0 aromatic heterocycles. The summed E-state index contributed by atoms with van der Waals surface area (Å²) in [6.07, 6.45) is 6.34. The number of rotatable bonds is 3. The van der Waals surface area contributed by atoms with Crippen LogP contribution in [0.15, 0.2) is 36.4 Å². The summed E-state index contributed by atoms with van der Waals surface area (Å²) in [6, 6.07) is 13.9. The molecule has 1 saturated carbocycles. The van der Waals surface area contributed by atoms with Crippen LogP contribution in [0.4, 0.5) is 0 Å². The highest BCUT2D eigenvalue weighted by molar-refractivity contribution is 7.15. The zero-order valence-corrected chi connectivity index (χ0v) is 16.3. The minimum atomic E-state index is 0.483. The topological polar surface area (TPSA) is 0 Å². The van der Waals surface area contributed by atoms with Crippen LogP contribution < -0.4 is 0 Å². The molecule has 124 valence electrons. The Balaban J connectivity index is 1.81. The van der Waals surface area contributed by atoms with Crippen molar-refractivity contribution in [1.29, 1.82) is 0 Å². The lowest BCUT2D eigenvalue weighted by molar-refractivity contribution is 0.0678. The van der Waals surface area contributed by atoms with Crippen LogP contribution in [0.5, 0.6) is 0 Å². The van der Waals surface area contributed by atoms with Crippen molar-refractivity contribution in [2.45, 2.75) is 59.5 Å². The highest BCUT2D eigenvalue weighted by Gasteiger charge is 2.38. The van der Waals surface area contributed by atoms with E-state index in [1.807, 2.05) is 0 Å². The lowest BCUT2D eigenvalue weighted by Crippen LogP contribution is -2.34. The molecule has 1 heteroatoms. The zero-order chi connectivity index (χ0) is 16.7. The molecule has 1 atom stereocenters. The zero-order valence-electron chi connectivity index (χ0n) is 15.2. The van der Waals surface area contributed by atoms with Gasteiger partial charge in [-0.25, -0.2) is 0 Å². The molecule has 23 heavy (non-hydrogen) atoms. The second-order valence-corrected chi connectivity index (χ2v) is 9.61. The van der Waals surface area contributed by atoms with Gasteiger partial charge in [-0.2, -0.15) is 0 Å². The second-order valence-electron chi connectivity index (χ2n) is 9.20. The summed E-state index contributed by atoms with van der Waals surface area (Å²) in [6.45, 7) is 9.80. The third-order valence-corrected chi connectivity index (χ3v) is 5.84. The Morgan fingerprint density at radius 1 is 0.870 bits per heavy atom. The van der Waals surface area contributed by atoms with Crippen LogP contribution in [-0.4, -0.2) is 0 Å². The van der Waals surface area contributed by atoms with E-state index < -0.39 is 0 Å². The van der Waals surface area contributed by atoms with Gasteiger partial charge in [0.15, 0.2) is 0 Å². The first kappa shape index (κ1) is 17.0. The Kier molecular flexibility index (Phi) is 4.58. The van der Waals surface area contributed by atoms with Gasteiger partial charge in [-0.15, -0.1) is 9.24 Å². The molecular formula is C22H31P. The van der Waals surface area contributed by atoms with E-state index in [9.17, 15) is 0 Å². The number of benzene rings is 2. The average Bonchev–Trinajstić information content (AvgIpc) is 2.43. The smallest absolute Gasteiger partial charge is 0.0128 e. The maximum absolute atomic E-state index is 2.81. The van der Waals surface area contributed by atoms with Gasteiger partial charge in [0.05, 0.1) is 0 Å². The van der Waals surface area contributed by atoms with Crippen molar-refractivity contribution in [1.82, 2.24) is 0 Å². The molecule has 2 aromatic rings. The molecule has 1 aliphatic carbocycles. The molecule has 0 bridgehead atoms. The largest absolute Gasteiger partial charge is 0.133 e. The highest BCUT2D eigenvalue weighted by Crippen LogP contribution is 2.49. The van der Waals surface area contributed by atoms with Crippen LogP contribution in [0.3, 0.4) is 0 Å². The number of fused-ring (bicyclic) bond motifs is 1. The average molecular weight is 326 g/mol. The van der Waals surface area contributed by atoms with Crippen molar-refractivity contribution < 1.29 is 0 Å². The van der Waals surface area contributed by atoms with Crippen molar-refractivity contribution in [3.05, 3.63) is 47.5 Å². The summed E-state index contributed by atoms with van der Waals surface area (Å²) in [4.78, 5) is 0. The Morgan fingerprint density at radius 3 is 1.96 bits per heavy atom. The van der Waals surface area contributed by atoms with E-state index in [0.717, 1.165) is 12.1 Å². The molecule has 0 heterocycles. The highest BCUT2D eigenvalue weighted by atomic mass is 31.0.